The number of hydrogen-bond acceptors (Lipinski definition) is 3. The first kappa shape index (κ1) is 18.2. The predicted octanol–water partition coefficient (Wildman–Crippen LogP) is 1.40. The quantitative estimate of drug-likeness (QED) is 0.852. The van der Waals surface area contributed by atoms with Gasteiger partial charge in [0.1, 0.15) is 6.04 Å². The molecule has 2 atom stereocenters. The average molecular weight is 318 g/mol. The molecule has 2 aliphatic rings. The molecule has 2 N–H and O–H groups in total. The maximum absolute atomic E-state index is 12.7. The second kappa shape index (κ2) is 7.45. The van der Waals surface area contributed by atoms with Crippen LogP contribution < -0.4 is 5.73 Å². The van der Waals surface area contributed by atoms with Crippen LogP contribution in [0.3, 0.4) is 0 Å². The zero-order valence-electron chi connectivity index (χ0n) is 13.1. The van der Waals surface area contributed by atoms with E-state index in [1.165, 1.54) is 0 Å². The molecule has 0 spiro atoms. The minimum atomic E-state index is -0.228. The molecule has 0 aliphatic carbocycles. The second-order valence-corrected chi connectivity index (χ2v) is 6.52. The zero-order valence-corrected chi connectivity index (χ0v) is 14.0. The second-order valence-electron chi connectivity index (χ2n) is 6.52. The number of halogens is 1. The van der Waals surface area contributed by atoms with Crippen LogP contribution in [0, 0.1) is 5.41 Å². The van der Waals surface area contributed by atoms with E-state index in [1.54, 1.807) is 4.90 Å². The molecule has 5 nitrogen and oxygen atoms in total. The highest BCUT2D eigenvalue weighted by molar-refractivity contribution is 5.88. The van der Waals surface area contributed by atoms with Gasteiger partial charge in [0.05, 0.1) is 0 Å². The normalized spacial score (nSPS) is 28.6. The fourth-order valence-electron chi connectivity index (χ4n) is 3.27. The molecular weight excluding hydrogens is 290 g/mol. The monoisotopic (exact) mass is 317 g/mol. The molecule has 2 fully saturated rings. The Morgan fingerprint density at radius 2 is 2.05 bits per heavy atom. The smallest absolute Gasteiger partial charge is 0.245 e. The molecule has 0 bridgehead atoms. The summed E-state index contributed by atoms with van der Waals surface area (Å²) in [7, 11) is 0. The van der Waals surface area contributed by atoms with Crippen LogP contribution in [-0.2, 0) is 9.59 Å². The summed E-state index contributed by atoms with van der Waals surface area (Å²) in [6.45, 7) is 6.98. The highest BCUT2D eigenvalue weighted by Gasteiger charge is 2.41. The first-order valence-corrected chi connectivity index (χ1v) is 7.79. The first-order chi connectivity index (χ1) is 9.50. The van der Waals surface area contributed by atoms with Gasteiger partial charge in [0, 0.05) is 26.1 Å². The van der Waals surface area contributed by atoms with Gasteiger partial charge >= 0.3 is 0 Å². The first-order valence-electron chi connectivity index (χ1n) is 7.79. The zero-order chi connectivity index (χ0) is 14.8. The molecule has 0 radical (unpaired) electrons. The minimum absolute atomic E-state index is 0. The lowest BCUT2D eigenvalue weighted by molar-refractivity contribution is -0.143. The Kier molecular flexibility index (Phi) is 6.47. The Hall–Kier alpha value is -0.810. The van der Waals surface area contributed by atoms with Crippen molar-refractivity contribution in [3.8, 4) is 0 Å². The molecule has 2 aliphatic heterocycles. The number of likely N-dealkylation sites (tertiary alicyclic amines) is 2. The third-order valence-corrected chi connectivity index (χ3v) is 4.68. The maximum atomic E-state index is 12.7. The molecule has 2 saturated heterocycles. The van der Waals surface area contributed by atoms with Crippen LogP contribution in [0.25, 0.3) is 0 Å². The molecule has 6 heteroatoms. The predicted molar refractivity (Wildman–Crippen MR) is 85.2 cm³/mol. The van der Waals surface area contributed by atoms with E-state index in [-0.39, 0.29) is 35.7 Å². The molecule has 0 aromatic rings. The van der Waals surface area contributed by atoms with Gasteiger partial charge in [-0.3, -0.25) is 9.59 Å². The minimum Gasteiger partial charge on any atom is -0.340 e. The Bertz CT molecular complexity index is 391. The Balaban J connectivity index is 0.00000220. The molecule has 0 saturated carbocycles. The van der Waals surface area contributed by atoms with E-state index in [4.69, 9.17) is 5.73 Å². The van der Waals surface area contributed by atoms with Crippen molar-refractivity contribution in [2.45, 2.75) is 52.0 Å². The van der Waals surface area contributed by atoms with Crippen molar-refractivity contribution in [3.63, 3.8) is 0 Å². The van der Waals surface area contributed by atoms with E-state index in [9.17, 15) is 9.59 Å². The van der Waals surface area contributed by atoms with E-state index in [1.807, 2.05) is 11.8 Å². The van der Waals surface area contributed by atoms with Crippen molar-refractivity contribution in [1.82, 2.24) is 9.80 Å². The van der Waals surface area contributed by atoms with Crippen LogP contribution in [0.15, 0.2) is 0 Å². The lowest BCUT2D eigenvalue weighted by atomic mass is 9.90. The number of hydrogen-bond donors (Lipinski definition) is 1. The number of amides is 2. The summed E-state index contributed by atoms with van der Waals surface area (Å²) in [5.41, 5.74) is 5.84. The number of carbonyl (C=O) groups is 2. The van der Waals surface area contributed by atoms with Crippen molar-refractivity contribution in [2.75, 3.05) is 26.2 Å². The van der Waals surface area contributed by atoms with Gasteiger partial charge in [-0.25, -0.2) is 0 Å². The third-order valence-electron chi connectivity index (χ3n) is 4.68. The molecule has 2 rings (SSSR count). The van der Waals surface area contributed by atoms with Gasteiger partial charge in [-0.05, 0) is 37.6 Å². The summed E-state index contributed by atoms with van der Waals surface area (Å²) in [6, 6.07) is -0.228. The van der Waals surface area contributed by atoms with Crippen molar-refractivity contribution < 1.29 is 9.59 Å². The molecule has 2 amide bonds. The van der Waals surface area contributed by atoms with E-state index < -0.39 is 0 Å². The molecular formula is C15H28ClN3O2. The SMILES string of the molecule is CCCC(=O)N1CCCC1C(=O)N1CCC(C)(CN)C1.Cl. The maximum Gasteiger partial charge on any atom is 0.245 e. The lowest BCUT2D eigenvalue weighted by Gasteiger charge is -2.29. The summed E-state index contributed by atoms with van der Waals surface area (Å²) < 4.78 is 0. The van der Waals surface area contributed by atoms with E-state index in [0.29, 0.717) is 13.0 Å². The molecule has 2 unspecified atom stereocenters. The van der Waals surface area contributed by atoms with Gasteiger partial charge in [0.15, 0.2) is 0 Å². The number of nitrogens with zero attached hydrogens (tertiary/aromatic N) is 2. The van der Waals surface area contributed by atoms with Gasteiger partial charge in [-0.15, -0.1) is 12.4 Å². The molecule has 0 aromatic carbocycles. The molecule has 122 valence electrons. The van der Waals surface area contributed by atoms with Gasteiger partial charge in [0.25, 0.3) is 0 Å². The van der Waals surface area contributed by atoms with Crippen molar-refractivity contribution in [2.24, 2.45) is 11.1 Å². The van der Waals surface area contributed by atoms with E-state index in [2.05, 4.69) is 6.92 Å². The molecule has 0 aromatic heterocycles. The Labute approximate surface area is 133 Å². The van der Waals surface area contributed by atoms with Gasteiger partial charge in [0.2, 0.25) is 11.8 Å². The van der Waals surface area contributed by atoms with Crippen LogP contribution in [-0.4, -0.2) is 53.8 Å². The lowest BCUT2D eigenvalue weighted by Crippen LogP contribution is -2.47. The van der Waals surface area contributed by atoms with Crippen LogP contribution in [0.4, 0.5) is 0 Å². The van der Waals surface area contributed by atoms with Crippen LogP contribution >= 0.6 is 12.4 Å². The molecule has 21 heavy (non-hydrogen) atoms. The average Bonchev–Trinajstić information content (AvgIpc) is 3.05. The van der Waals surface area contributed by atoms with Gasteiger partial charge < -0.3 is 15.5 Å². The summed E-state index contributed by atoms with van der Waals surface area (Å²) in [4.78, 5) is 28.5. The Morgan fingerprint density at radius 1 is 1.33 bits per heavy atom. The van der Waals surface area contributed by atoms with E-state index in [0.717, 1.165) is 45.3 Å². The Morgan fingerprint density at radius 3 is 2.62 bits per heavy atom. The topological polar surface area (TPSA) is 66.6 Å². The van der Waals surface area contributed by atoms with Crippen LogP contribution in [0.2, 0.25) is 0 Å². The van der Waals surface area contributed by atoms with Crippen LogP contribution in [0.1, 0.15) is 46.0 Å². The summed E-state index contributed by atoms with van der Waals surface area (Å²) in [6.07, 6.45) is 4.10. The van der Waals surface area contributed by atoms with Gasteiger partial charge in [-0.2, -0.15) is 0 Å². The van der Waals surface area contributed by atoms with E-state index >= 15 is 0 Å². The molecule has 2 heterocycles. The van der Waals surface area contributed by atoms with Crippen molar-refractivity contribution >= 4 is 24.2 Å². The van der Waals surface area contributed by atoms with Crippen LogP contribution in [0.5, 0.6) is 0 Å². The largest absolute Gasteiger partial charge is 0.340 e. The van der Waals surface area contributed by atoms with Crippen molar-refractivity contribution in [3.05, 3.63) is 0 Å². The summed E-state index contributed by atoms with van der Waals surface area (Å²) in [5, 5.41) is 0. The number of nitrogens with two attached hydrogens (primary N) is 1. The van der Waals surface area contributed by atoms with Gasteiger partial charge in [-0.1, -0.05) is 13.8 Å². The van der Waals surface area contributed by atoms with Crippen molar-refractivity contribution in [1.29, 1.82) is 0 Å². The standard InChI is InChI=1S/C15H27N3O2.ClH/c1-3-5-13(19)18-8-4-6-12(18)14(20)17-9-7-15(2,10-16)11-17;/h12H,3-11,16H2,1-2H3;1H. The fourth-order valence-corrected chi connectivity index (χ4v) is 3.27. The highest BCUT2D eigenvalue weighted by atomic mass is 35.5. The highest BCUT2D eigenvalue weighted by Crippen LogP contribution is 2.30. The third kappa shape index (κ3) is 3.89. The summed E-state index contributed by atoms with van der Waals surface area (Å²) in [5.74, 6) is 0.258. The fraction of sp³-hybridized carbons (Fsp3) is 0.867. The summed E-state index contributed by atoms with van der Waals surface area (Å²) >= 11 is 0. The number of carbonyl (C=O) groups excluding carboxylic acids is 2. The number of rotatable bonds is 4.